The quantitative estimate of drug-likeness (QED) is 0.738. The van der Waals surface area contributed by atoms with Gasteiger partial charge in [0.1, 0.15) is 17.5 Å². The van der Waals surface area contributed by atoms with Gasteiger partial charge >= 0.3 is 6.09 Å². The third-order valence-electron chi connectivity index (χ3n) is 5.73. The second kappa shape index (κ2) is 9.97. The maximum atomic E-state index is 13.6. The van der Waals surface area contributed by atoms with Crippen LogP contribution in [0.25, 0.3) is 11.1 Å². The van der Waals surface area contributed by atoms with Crippen LogP contribution in [0.3, 0.4) is 0 Å². The molecule has 2 aromatic rings. The molecule has 0 spiro atoms. The van der Waals surface area contributed by atoms with E-state index in [4.69, 9.17) is 9.47 Å². The van der Waals surface area contributed by atoms with Crippen LogP contribution in [0.2, 0.25) is 0 Å². The van der Waals surface area contributed by atoms with E-state index in [0.717, 1.165) is 13.1 Å². The standard InChI is InChI=1S/C25H31FN4O4/c1-25(2,3)34-24(32)30-11-8-20(16-30)33-22-21(17-4-6-19(26)7-5-17)14-18(15-28-22)23(31)29-12-9-27-10-13-29/h4-7,14-15,20,27H,8-13,16H2,1-3H3/t20-/m0/s1. The number of pyridine rings is 1. The van der Waals surface area contributed by atoms with Gasteiger partial charge in [0.2, 0.25) is 5.88 Å². The highest BCUT2D eigenvalue weighted by molar-refractivity contribution is 5.95. The van der Waals surface area contributed by atoms with Gasteiger partial charge in [-0.25, -0.2) is 14.2 Å². The first-order valence-electron chi connectivity index (χ1n) is 11.6. The smallest absolute Gasteiger partial charge is 0.410 e. The summed E-state index contributed by atoms with van der Waals surface area (Å²) < 4.78 is 25.2. The Morgan fingerprint density at radius 3 is 2.47 bits per heavy atom. The minimum Gasteiger partial charge on any atom is -0.472 e. The monoisotopic (exact) mass is 470 g/mol. The predicted molar refractivity (Wildman–Crippen MR) is 125 cm³/mol. The van der Waals surface area contributed by atoms with E-state index < -0.39 is 5.60 Å². The third kappa shape index (κ3) is 5.83. The van der Waals surface area contributed by atoms with E-state index in [1.54, 1.807) is 28.0 Å². The Kier molecular flexibility index (Phi) is 7.02. The van der Waals surface area contributed by atoms with Gasteiger partial charge in [0.15, 0.2) is 0 Å². The van der Waals surface area contributed by atoms with Crippen molar-refractivity contribution >= 4 is 12.0 Å². The molecule has 0 radical (unpaired) electrons. The van der Waals surface area contributed by atoms with E-state index in [-0.39, 0.29) is 23.9 Å². The summed E-state index contributed by atoms with van der Waals surface area (Å²) in [5, 5.41) is 3.23. The second-order valence-corrected chi connectivity index (χ2v) is 9.58. The summed E-state index contributed by atoms with van der Waals surface area (Å²) in [6.07, 6.45) is 1.51. The topological polar surface area (TPSA) is 84.0 Å². The van der Waals surface area contributed by atoms with E-state index in [1.165, 1.54) is 18.3 Å². The number of nitrogens with zero attached hydrogens (tertiary/aromatic N) is 3. The first kappa shape index (κ1) is 23.9. The molecule has 0 saturated carbocycles. The van der Waals surface area contributed by atoms with Crippen molar-refractivity contribution in [3.05, 3.63) is 47.9 Å². The SMILES string of the molecule is CC(C)(C)OC(=O)N1CC[C@H](Oc2ncc(C(=O)N3CCNCC3)cc2-c2ccc(F)cc2)C1. The Hall–Kier alpha value is -3.20. The fourth-order valence-corrected chi connectivity index (χ4v) is 4.02. The van der Waals surface area contributed by atoms with Gasteiger partial charge in [-0.1, -0.05) is 12.1 Å². The lowest BCUT2D eigenvalue weighted by Crippen LogP contribution is -2.46. The average Bonchev–Trinajstić information content (AvgIpc) is 3.28. The highest BCUT2D eigenvalue weighted by Gasteiger charge is 2.32. The van der Waals surface area contributed by atoms with Crippen molar-refractivity contribution in [1.29, 1.82) is 0 Å². The number of ether oxygens (including phenoxy) is 2. The van der Waals surface area contributed by atoms with Crippen molar-refractivity contribution < 1.29 is 23.5 Å². The van der Waals surface area contributed by atoms with Crippen molar-refractivity contribution in [2.24, 2.45) is 0 Å². The Morgan fingerprint density at radius 2 is 1.79 bits per heavy atom. The molecule has 2 fully saturated rings. The fourth-order valence-electron chi connectivity index (χ4n) is 4.02. The number of carbonyl (C=O) groups excluding carboxylic acids is 2. The van der Waals surface area contributed by atoms with Crippen molar-refractivity contribution in [1.82, 2.24) is 20.1 Å². The summed E-state index contributed by atoms with van der Waals surface area (Å²) >= 11 is 0. The van der Waals surface area contributed by atoms with E-state index in [9.17, 15) is 14.0 Å². The van der Waals surface area contributed by atoms with Gasteiger partial charge in [-0.2, -0.15) is 0 Å². The molecule has 1 aromatic heterocycles. The highest BCUT2D eigenvalue weighted by Crippen LogP contribution is 2.31. The molecule has 182 valence electrons. The molecular formula is C25H31FN4O4. The fraction of sp³-hybridized carbons (Fsp3) is 0.480. The van der Waals surface area contributed by atoms with Gasteiger partial charge in [0.25, 0.3) is 5.91 Å². The van der Waals surface area contributed by atoms with Crippen molar-refractivity contribution in [2.45, 2.75) is 38.9 Å². The molecule has 8 nitrogen and oxygen atoms in total. The highest BCUT2D eigenvalue weighted by atomic mass is 19.1. The zero-order valence-electron chi connectivity index (χ0n) is 19.8. The predicted octanol–water partition coefficient (Wildman–Crippen LogP) is 3.32. The molecule has 0 aliphatic carbocycles. The molecule has 2 aliphatic rings. The van der Waals surface area contributed by atoms with Gasteiger partial charge < -0.3 is 24.6 Å². The number of benzene rings is 1. The molecule has 1 aromatic carbocycles. The summed E-state index contributed by atoms with van der Waals surface area (Å²) in [5.41, 5.74) is 1.19. The van der Waals surface area contributed by atoms with Crippen LogP contribution in [0.4, 0.5) is 9.18 Å². The molecule has 9 heteroatoms. The zero-order valence-corrected chi connectivity index (χ0v) is 19.8. The molecule has 0 bridgehead atoms. The van der Waals surface area contributed by atoms with Crippen LogP contribution in [0.1, 0.15) is 37.6 Å². The summed E-state index contributed by atoms with van der Waals surface area (Å²) in [7, 11) is 0. The molecule has 1 atom stereocenters. The molecule has 0 unspecified atom stereocenters. The first-order chi connectivity index (χ1) is 16.2. The second-order valence-electron chi connectivity index (χ2n) is 9.58. The minimum atomic E-state index is -0.569. The summed E-state index contributed by atoms with van der Waals surface area (Å²) in [6.45, 7) is 9.15. The molecule has 1 N–H and O–H groups in total. The number of piperazine rings is 1. The Labute approximate surface area is 199 Å². The zero-order chi connectivity index (χ0) is 24.3. The van der Waals surface area contributed by atoms with Crippen LogP contribution in [-0.2, 0) is 4.74 Å². The lowest BCUT2D eigenvalue weighted by atomic mass is 10.0. The number of halogens is 1. The molecular weight excluding hydrogens is 439 g/mol. The molecule has 2 aliphatic heterocycles. The number of amides is 2. The van der Waals surface area contributed by atoms with Gasteiger partial charge in [0.05, 0.1) is 12.1 Å². The van der Waals surface area contributed by atoms with Crippen molar-refractivity contribution in [2.75, 3.05) is 39.3 Å². The Bertz CT molecular complexity index is 1030. The van der Waals surface area contributed by atoms with E-state index in [1.807, 2.05) is 20.8 Å². The number of likely N-dealkylation sites (tertiary alicyclic amines) is 1. The van der Waals surface area contributed by atoms with E-state index in [2.05, 4.69) is 10.3 Å². The van der Waals surface area contributed by atoms with Crippen LogP contribution in [0.15, 0.2) is 36.5 Å². The molecule has 2 amide bonds. The normalized spacial score (nSPS) is 18.6. The summed E-state index contributed by atoms with van der Waals surface area (Å²) in [6, 6.07) is 7.76. The summed E-state index contributed by atoms with van der Waals surface area (Å²) in [5.74, 6) is -0.101. The van der Waals surface area contributed by atoms with Gasteiger partial charge in [-0.05, 0) is 44.5 Å². The maximum absolute atomic E-state index is 13.6. The number of rotatable bonds is 4. The van der Waals surface area contributed by atoms with Crippen LogP contribution >= 0.6 is 0 Å². The van der Waals surface area contributed by atoms with Crippen LogP contribution in [0.5, 0.6) is 5.88 Å². The van der Waals surface area contributed by atoms with Crippen LogP contribution < -0.4 is 10.1 Å². The van der Waals surface area contributed by atoms with Crippen molar-refractivity contribution in [3.8, 4) is 17.0 Å². The van der Waals surface area contributed by atoms with Crippen LogP contribution in [-0.4, -0.2) is 77.8 Å². The van der Waals surface area contributed by atoms with Crippen LogP contribution in [0, 0.1) is 5.82 Å². The van der Waals surface area contributed by atoms with E-state index >= 15 is 0 Å². The third-order valence-corrected chi connectivity index (χ3v) is 5.73. The lowest BCUT2D eigenvalue weighted by Gasteiger charge is -2.27. The van der Waals surface area contributed by atoms with Gasteiger partial charge in [0, 0.05) is 50.9 Å². The molecule has 3 heterocycles. The Morgan fingerprint density at radius 1 is 1.09 bits per heavy atom. The summed E-state index contributed by atoms with van der Waals surface area (Å²) in [4.78, 5) is 33.3. The Balaban J connectivity index is 1.55. The first-order valence-corrected chi connectivity index (χ1v) is 11.6. The largest absolute Gasteiger partial charge is 0.472 e. The van der Waals surface area contributed by atoms with Crippen molar-refractivity contribution in [3.63, 3.8) is 0 Å². The van der Waals surface area contributed by atoms with E-state index in [0.29, 0.717) is 55.2 Å². The maximum Gasteiger partial charge on any atom is 0.410 e. The minimum absolute atomic E-state index is 0.0964. The molecule has 34 heavy (non-hydrogen) atoms. The number of carbonyl (C=O) groups is 2. The number of hydrogen-bond acceptors (Lipinski definition) is 6. The number of aromatic nitrogens is 1. The molecule has 4 rings (SSSR count). The lowest BCUT2D eigenvalue weighted by molar-refractivity contribution is 0.0275. The average molecular weight is 471 g/mol. The molecule has 2 saturated heterocycles. The number of nitrogens with one attached hydrogen (secondary N) is 1. The van der Waals surface area contributed by atoms with Gasteiger partial charge in [-0.3, -0.25) is 4.79 Å². The van der Waals surface area contributed by atoms with Gasteiger partial charge in [-0.15, -0.1) is 0 Å². The number of hydrogen-bond donors (Lipinski definition) is 1.